The van der Waals surface area contributed by atoms with Gasteiger partial charge in [-0.25, -0.2) is 9.59 Å². The van der Waals surface area contributed by atoms with Crippen LogP contribution in [0.2, 0.25) is 0 Å². The van der Waals surface area contributed by atoms with Crippen LogP contribution >= 0.6 is 0 Å². The minimum absolute atomic E-state index is 0.00365. The second kappa shape index (κ2) is 8.01. The van der Waals surface area contributed by atoms with E-state index in [4.69, 9.17) is 4.74 Å². The van der Waals surface area contributed by atoms with Gasteiger partial charge in [0, 0.05) is 6.54 Å². The van der Waals surface area contributed by atoms with Crippen LogP contribution in [0.25, 0.3) is 0 Å². The van der Waals surface area contributed by atoms with Gasteiger partial charge in [-0.3, -0.25) is 4.79 Å². The van der Waals surface area contributed by atoms with E-state index in [1.54, 1.807) is 30.3 Å². The van der Waals surface area contributed by atoms with Crippen LogP contribution < -0.4 is 5.32 Å². The quantitative estimate of drug-likeness (QED) is 0.662. The van der Waals surface area contributed by atoms with Gasteiger partial charge in [-0.05, 0) is 5.56 Å². The van der Waals surface area contributed by atoms with E-state index in [0.717, 1.165) is 5.56 Å². The summed E-state index contributed by atoms with van der Waals surface area (Å²) >= 11 is 0. The predicted molar refractivity (Wildman–Crippen MR) is 66.4 cm³/mol. The first-order valence-corrected chi connectivity index (χ1v) is 6.05. The van der Waals surface area contributed by atoms with Crippen LogP contribution in [0.3, 0.4) is 0 Å². The Hall–Kier alpha value is -2.58. The van der Waals surface area contributed by atoms with E-state index >= 15 is 0 Å². The van der Waals surface area contributed by atoms with Crippen LogP contribution in [0.4, 0.5) is 18.0 Å². The molecule has 0 saturated heterocycles. The first-order chi connectivity index (χ1) is 10.3. The Balaban J connectivity index is 2.19. The van der Waals surface area contributed by atoms with E-state index in [1.165, 1.54) is 0 Å². The topological polar surface area (TPSA) is 81.7 Å². The molecule has 6 nitrogen and oxygen atoms in total. The monoisotopic (exact) mass is 319 g/mol. The maximum atomic E-state index is 11.8. The molecular formula is C13H12F3NO5. The number of hydrogen-bond donors (Lipinski definition) is 1. The van der Waals surface area contributed by atoms with Gasteiger partial charge in [0.25, 0.3) is 0 Å². The van der Waals surface area contributed by atoms with Crippen molar-refractivity contribution in [2.75, 3.05) is 6.54 Å². The van der Waals surface area contributed by atoms with Gasteiger partial charge < -0.3 is 14.8 Å². The molecule has 0 bridgehead atoms. The lowest BCUT2D eigenvalue weighted by Crippen LogP contribution is -2.31. The van der Waals surface area contributed by atoms with Crippen LogP contribution in [0, 0.1) is 0 Å². The van der Waals surface area contributed by atoms with E-state index in [9.17, 15) is 27.6 Å². The molecule has 0 spiro atoms. The number of esters is 2. The number of carbonyl (C=O) groups excluding carboxylic acids is 3. The molecule has 120 valence electrons. The molecule has 9 heteroatoms. The fraction of sp³-hybridized carbons (Fsp3) is 0.308. The van der Waals surface area contributed by atoms with E-state index in [1.807, 2.05) is 0 Å². The van der Waals surface area contributed by atoms with Crippen LogP contribution in [0.15, 0.2) is 30.3 Å². The highest BCUT2D eigenvalue weighted by molar-refractivity contribution is 5.88. The Morgan fingerprint density at radius 2 is 1.73 bits per heavy atom. The van der Waals surface area contributed by atoms with Gasteiger partial charge in [0.1, 0.15) is 6.61 Å². The number of halogens is 3. The molecule has 22 heavy (non-hydrogen) atoms. The summed E-state index contributed by atoms with van der Waals surface area (Å²) in [4.78, 5) is 32.5. The normalized spacial score (nSPS) is 10.7. The number of carbonyl (C=O) groups is 3. The molecule has 0 aliphatic carbocycles. The van der Waals surface area contributed by atoms with E-state index in [0.29, 0.717) is 0 Å². The Bertz CT molecular complexity index is 530. The molecule has 0 radical (unpaired) electrons. The van der Waals surface area contributed by atoms with Crippen molar-refractivity contribution in [3.05, 3.63) is 35.9 Å². The molecule has 0 aliphatic heterocycles. The number of benzene rings is 1. The second-order valence-electron chi connectivity index (χ2n) is 4.00. The van der Waals surface area contributed by atoms with E-state index in [2.05, 4.69) is 10.1 Å². The number of alkyl carbamates (subject to hydrolysis) is 1. The van der Waals surface area contributed by atoms with E-state index < -0.39 is 30.6 Å². The first kappa shape index (κ1) is 17.5. The molecular weight excluding hydrogens is 307 g/mol. The molecule has 0 unspecified atom stereocenters. The summed E-state index contributed by atoms with van der Waals surface area (Å²) in [6, 6.07) is 8.76. The molecule has 1 N–H and O–H groups in total. The average Bonchev–Trinajstić information content (AvgIpc) is 2.45. The minimum Gasteiger partial charge on any atom is -0.445 e. The number of hydrogen-bond acceptors (Lipinski definition) is 5. The van der Waals surface area contributed by atoms with Crippen molar-refractivity contribution in [3.63, 3.8) is 0 Å². The highest BCUT2D eigenvalue weighted by atomic mass is 19.4. The van der Waals surface area contributed by atoms with Crippen LogP contribution in [-0.2, 0) is 25.7 Å². The highest BCUT2D eigenvalue weighted by Gasteiger charge is 2.42. The highest BCUT2D eigenvalue weighted by Crippen LogP contribution is 2.16. The molecule has 0 aliphatic rings. The van der Waals surface area contributed by atoms with Gasteiger partial charge in [0.05, 0.1) is 6.42 Å². The largest absolute Gasteiger partial charge is 0.491 e. The van der Waals surface area contributed by atoms with Crippen molar-refractivity contribution < 1.29 is 37.0 Å². The fourth-order valence-electron chi connectivity index (χ4n) is 1.25. The van der Waals surface area contributed by atoms with Gasteiger partial charge >= 0.3 is 24.2 Å². The van der Waals surface area contributed by atoms with Crippen molar-refractivity contribution in [1.29, 1.82) is 0 Å². The van der Waals surface area contributed by atoms with Crippen molar-refractivity contribution in [2.45, 2.75) is 19.2 Å². The molecule has 1 amide bonds. The maximum Gasteiger partial charge on any atom is 0.491 e. The Kier molecular flexibility index (Phi) is 6.36. The number of amides is 1. The summed E-state index contributed by atoms with van der Waals surface area (Å²) < 4.78 is 43.7. The lowest BCUT2D eigenvalue weighted by Gasteiger charge is -2.07. The summed E-state index contributed by atoms with van der Waals surface area (Å²) in [7, 11) is 0. The third kappa shape index (κ3) is 6.73. The van der Waals surface area contributed by atoms with E-state index in [-0.39, 0.29) is 13.2 Å². The second-order valence-corrected chi connectivity index (χ2v) is 4.00. The smallest absolute Gasteiger partial charge is 0.445 e. The molecule has 1 aromatic rings. The molecule has 0 aromatic heterocycles. The molecule has 0 fully saturated rings. The van der Waals surface area contributed by atoms with Crippen LogP contribution in [0.1, 0.15) is 12.0 Å². The van der Waals surface area contributed by atoms with Gasteiger partial charge in [-0.2, -0.15) is 13.2 Å². The van der Waals surface area contributed by atoms with Gasteiger partial charge in [0.2, 0.25) is 0 Å². The Morgan fingerprint density at radius 3 is 2.32 bits per heavy atom. The summed E-state index contributed by atoms with van der Waals surface area (Å²) in [6.07, 6.45) is -6.68. The number of ether oxygens (including phenoxy) is 2. The SMILES string of the molecule is O=C(CCNC(=O)OCc1ccccc1)OC(=O)C(F)(F)F. The average molecular weight is 319 g/mol. The van der Waals surface area contributed by atoms with Gasteiger partial charge in [-0.15, -0.1) is 0 Å². The number of nitrogens with one attached hydrogen (secondary N) is 1. The zero-order chi connectivity index (χ0) is 16.6. The maximum absolute atomic E-state index is 11.8. The fourth-order valence-corrected chi connectivity index (χ4v) is 1.25. The van der Waals surface area contributed by atoms with Crippen molar-refractivity contribution >= 4 is 18.0 Å². The molecule has 1 aromatic carbocycles. The van der Waals surface area contributed by atoms with Gasteiger partial charge in [0.15, 0.2) is 0 Å². The lowest BCUT2D eigenvalue weighted by atomic mass is 10.2. The molecule has 1 rings (SSSR count). The zero-order valence-electron chi connectivity index (χ0n) is 11.2. The van der Waals surface area contributed by atoms with Crippen molar-refractivity contribution in [2.24, 2.45) is 0 Å². The number of rotatable bonds is 5. The third-order valence-electron chi connectivity index (χ3n) is 2.25. The Morgan fingerprint density at radius 1 is 1.09 bits per heavy atom. The van der Waals surface area contributed by atoms with Crippen molar-refractivity contribution in [1.82, 2.24) is 5.32 Å². The summed E-state index contributed by atoms with van der Waals surface area (Å²) in [6.45, 7) is -0.318. The zero-order valence-corrected chi connectivity index (χ0v) is 11.2. The lowest BCUT2D eigenvalue weighted by molar-refractivity contribution is -0.201. The third-order valence-corrected chi connectivity index (χ3v) is 2.25. The Labute approximate surface area is 123 Å². The predicted octanol–water partition coefficient (Wildman–Crippen LogP) is 1.94. The standard InChI is InChI=1S/C13H12F3NO5/c14-13(15,16)11(19)22-10(18)6-7-17-12(20)21-8-9-4-2-1-3-5-9/h1-5H,6-8H2,(H,17,20). The molecule has 0 heterocycles. The first-order valence-electron chi connectivity index (χ1n) is 6.05. The minimum atomic E-state index is -5.24. The summed E-state index contributed by atoms with van der Waals surface area (Å²) in [5.41, 5.74) is 0.743. The van der Waals surface area contributed by atoms with Gasteiger partial charge in [-0.1, -0.05) is 30.3 Å². The summed E-state index contributed by atoms with van der Waals surface area (Å²) in [5, 5.41) is 2.14. The molecule has 0 saturated carbocycles. The molecule has 0 atom stereocenters. The van der Waals surface area contributed by atoms with Crippen LogP contribution in [-0.4, -0.2) is 30.8 Å². The summed E-state index contributed by atoms with van der Waals surface area (Å²) in [5.74, 6) is -3.99. The number of alkyl halides is 3. The van der Waals surface area contributed by atoms with Crippen LogP contribution in [0.5, 0.6) is 0 Å². The van der Waals surface area contributed by atoms with Crippen molar-refractivity contribution in [3.8, 4) is 0 Å².